The first-order valence-corrected chi connectivity index (χ1v) is 5.88. The van der Waals surface area contributed by atoms with Crippen LogP contribution in [-0.2, 0) is 11.3 Å². The second kappa shape index (κ2) is 6.86. The Balaban J connectivity index is 2.59. The second-order valence-corrected chi connectivity index (χ2v) is 4.13. The molecule has 0 atom stereocenters. The summed E-state index contributed by atoms with van der Waals surface area (Å²) < 4.78 is 5.04. The number of hydrogen-bond acceptors (Lipinski definition) is 4. The highest BCUT2D eigenvalue weighted by Gasteiger charge is 2.08. The lowest BCUT2D eigenvalue weighted by Crippen LogP contribution is -2.34. The fourth-order valence-corrected chi connectivity index (χ4v) is 1.69. The predicted molar refractivity (Wildman–Crippen MR) is 69.7 cm³/mol. The minimum absolute atomic E-state index is 0.00532. The van der Waals surface area contributed by atoms with Gasteiger partial charge in [0.2, 0.25) is 5.91 Å². The number of benzene rings is 1. The molecule has 100 valence electrons. The summed E-state index contributed by atoms with van der Waals surface area (Å²) in [7, 11) is 3.38. The Bertz CT molecular complexity index is 407. The van der Waals surface area contributed by atoms with Crippen LogP contribution in [0.25, 0.3) is 0 Å². The van der Waals surface area contributed by atoms with Crippen LogP contribution in [0.3, 0.4) is 0 Å². The van der Waals surface area contributed by atoms with E-state index in [1.165, 1.54) is 7.11 Å². The van der Waals surface area contributed by atoms with E-state index in [9.17, 15) is 9.90 Å². The first-order valence-electron chi connectivity index (χ1n) is 5.88. The summed E-state index contributed by atoms with van der Waals surface area (Å²) in [6.07, 6.45) is 0. The molecule has 1 aromatic carbocycles. The first-order chi connectivity index (χ1) is 8.56. The van der Waals surface area contributed by atoms with Crippen LogP contribution >= 0.6 is 0 Å². The van der Waals surface area contributed by atoms with Crippen LogP contribution in [0.2, 0.25) is 0 Å². The molecule has 1 aromatic rings. The van der Waals surface area contributed by atoms with Gasteiger partial charge in [0, 0.05) is 13.1 Å². The van der Waals surface area contributed by atoms with Crippen molar-refractivity contribution in [3.05, 3.63) is 23.8 Å². The maximum absolute atomic E-state index is 11.4. The maximum atomic E-state index is 11.4. The molecular weight excluding hydrogens is 232 g/mol. The minimum atomic E-state index is 0.00532. The molecule has 0 aliphatic rings. The summed E-state index contributed by atoms with van der Waals surface area (Å²) in [5, 5.41) is 12.2. The Hall–Kier alpha value is -1.75. The number of carbonyl (C=O) groups is 1. The lowest BCUT2D eigenvalue weighted by atomic mass is 10.2. The lowest BCUT2D eigenvalue weighted by Gasteiger charge is -2.16. The van der Waals surface area contributed by atoms with Gasteiger partial charge in [0.05, 0.1) is 13.7 Å². The van der Waals surface area contributed by atoms with E-state index in [0.29, 0.717) is 25.4 Å². The van der Waals surface area contributed by atoms with Crippen LogP contribution < -0.4 is 10.1 Å². The van der Waals surface area contributed by atoms with Gasteiger partial charge in [-0.25, -0.2) is 0 Å². The third-order valence-electron chi connectivity index (χ3n) is 2.48. The van der Waals surface area contributed by atoms with E-state index in [1.54, 1.807) is 12.1 Å². The van der Waals surface area contributed by atoms with Gasteiger partial charge in [0.25, 0.3) is 0 Å². The largest absolute Gasteiger partial charge is 0.504 e. The smallest absolute Gasteiger partial charge is 0.234 e. The summed E-state index contributed by atoms with van der Waals surface area (Å²) in [4.78, 5) is 13.3. The Morgan fingerprint density at radius 3 is 2.83 bits per heavy atom. The Kier molecular flexibility index (Phi) is 5.45. The Morgan fingerprint density at radius 2 is 2.22 bits per heavy atom. The molecule has 0 aromatic heterocycles. The molecule has 1 rings (SSSR count). The molecule has 0 spiro atoms. The summed E-state index contributed by atoms with van der Waals surface area (Å²) in [5.74, 6) is 0.567. The zero-order valence-electron chi connectivity index (χ0n) is 11.1. The first kappa shape index (κ1) is 14.3. The van der Waals surface area contributed by atoms with Crippen molar-refractivity contribution >= 4 is 5.91 Å². The zero-order valence-corrected chi connectivity index (χ0v) is 11.1. The van der Waals surface area contributed by atoms with Crippen LogP contribution in [0, 0.1) is 0 Å². The summed E-state index contributed by atoms with van der Waals surface area (Å²) >= 11 is 0. The zero-order chi connectivity index (χ0) is 13.5. The molecule has 0 aliphatic carbocycles. The number of phenols is 1. The number of hydrogen-bond donors (Lipinski definition) is 2. The van der Waals surface area contributed by atoms with Gasteiger partial charge in [-0.15, -0.1) is 0 Å². The van der Waals surface area contributed by atoms with E-state index in [1.807, 2.05) is 24.9 Å². The SMILES string of the molecule is CCNC(=O)CN(C)Cc1ccc(O)c(OC)c1. The van der Waals surface area contributed by atoms with E-state index in [4.69, 9.17) is 4.74 Å². The fraction of sp³-hybridized carbons (Fsp3) is 0.462. The average Bonchev–Trinajstić information content (AvgIpc) is 2.31. The van der Waals surface area contributed by atoms with Gasteiger partial charge in [-0.05, 0) is 31.7 Å². The van der Waals surface area contributed by atoms with Crippen LogP contribution in [-0.4, -0.2) is 43.2 Å². The van der Waals surface area contributed by atoms with Gasteiger partial charge in [-0.1, -0.05) is 6.07 Å². The van der Waals surface area contributed by atoms with Crippen LogP contribution in [0.4, 0.5) is 0 Å². The summed E-state index contributed by atoms with van der Waals surface area (Å²) in [6, 6.07) is 5.17. The number of phenolic OH excluding ortho intramolecular Hbond substituents is 1. The van der Waals surface area contributed by atoms with Gasteiger partial charge in [0.1, 0.15) is 0 Å². The fourth-order valence-electron chi connectivity index (χ4n) is 1.69. The van der Waals surface area contributed by atoms with Crippen molar-refractivity contribution in [1.82, 2.24) is 10.2 Å². The third-order valence-corrected chi connectivity index (χ3v) is 2.48. The number of nitrogens with zero attached hydrogens (tertiary/aromatic N) is 1. The van der Waals surface area contributed by atoms with Gasteiger partial charge in [0.15, 0.2) is 11.5 Å². The summed E-state index contributed by atoms with van der Waals surface area (Å²) in [6.45, 7) is 3.49. The van der Waals surface area contributed by atoms with Gasteiger partial charge >= 0.3 is 0 Å². The monoisotopic (exact) mass is 252 g/mol. The van der Waals surface area contributed by atoms with Crippen LogP contribution in [0.5, 0.6) is 11.5 Å². The van der Waals surface area contributed by atoms with E-state index in [0.717, 1.165) is 5.56 Å². The molecule has 5 heteroatoms. The van der Waals surface area contributed by atoms with Crippen molar-refractivity contribution in [2.75, 3.05) is 27.2 Å². The highest BCUT2D eigenvalue weighted by Crippen LogP contribution is 2.26. The molecule has 0 aliphatic heterocycles. The van der Waals surface area contributed by atoms with Gasteiger partial charge < -0.3 is 15.2 Å². The van der Waals surface area contributed by atoms with Crippen molar-refractivity contribution in [3.8, 4) is 11.5 Å². The topological polar surface area (TPSA) is 61.8 Å². The molecule has 0 heterocycles. The number of nitrogens with one attached hydrogen (secondary N) is 1. The van der Waals surface area contributed by atoms with Crippen molar-refractivity contribution < 1.29 is 14.6 Å². The van der Waals surface area contributed by atoms with Gasteiger partial charge in [-0.2, -0.15) is 0 Å². The van der Waals surface area contributed by atoms with E-state index in [2.05, 4.69) is 5.32 Å². The number of amides is 1. The lowest BCUT2D eigenvalue weighted by molar-refractivity contribution is -0.121. The predicted octanol–water partition coefficient (Wildman–Crippen LogP) is 0.969. The maximum Gasteiger partial charge on any atom is 0.234 e. The summed E-state index contributed by atoms with van der Waals surface area (Å²) in [5.41, 5.74) is 0.983. The molecule has 2 N–H and O–H groups in total. The van der Waals surface area contributed by atoms with Crippen molar-refractivity contribution in [1.29, 1.82) is 0 Å². The molecule has 0 unspecified atom stereocenters. The molecule has 0 bridgehead atoms. The van der Waals surface area contributed by atoms with Crippen molar-refractivity contribution in [2.24, 2.45) is 0 Å². The standard InChI is InChI=1S/C13H20N2O3/c1-4-14-13(17)9-15(2)8-10-5-6-11(16)12(7-10)18-3/h5-7,16H,4,8-9H2,1-3H3,(H,14,17). The molecule has 0 saturated carbocycles. The third kappa shape index (κ3) is 4.25. The average molecular weight is 252 g/mol. The second-order valence-electron chi connectivity index (χ2n) is 4.13. The van der Waals surface area contributed by atoms with E-state index < -0.39 is 0 Å². The number of carbonyl (C=O) groups excluding carboxylic acids is 1. The van der Waals surface area contributed by atoms with E-state index >= 15 is 0 Å². The van der Waals surface area contributed by atoms with Gasteiger partial charge in [-0.3, -0.25) is 9.69 Å². The van der Waals surface area contributed by atoms with Crippen LogP contribution in [0.1, 0.15) is 12.5 Å². The number of ether oxygens (including phenoxy) is 1. The Labute approximate surface area is 107 Å². The number of likely N-dealkylation sites (N-methyl/N-ethyl adjacent to an activating group) is 2. The normalized spacial score (nSPS) is 10.4. The van der Waals surface area contributed by atoms with E-state index in [-0.39, 0.29) is 11.7 Å². The molecule has 0 fully saturated rings. The Morgan fingerprint density at radius 1 is 1.50 bits per heavy atom. The molecule has 0 radical (unpaired) electrons. The van der Waals surface area contributed by atoms with Crippen LogP contribution in [0.15, 0.2) is 18.2 Å². The number of rotatable bonds is 6. The number of methoxy groups -OCH3 is 1. The highest BCUT2D eigenvalue weighted by molar-refractivity contribution is 5.77. The molecule has 1 amide bonds. The van der Waals surface area contributed by atoms with Crippen molar-refractivity contribution in [3.63, 3.8) is 0 Å². The van der Waals surface area contributed by atoms with Crippen molar-refractivity contribution in [2.45, 2.75) is 13.5 Å². The molecule has 18 heavy (non-hydrogen) atoms. The molecular formula is C13H20N2O3. The minimum Gasteiger partial charge on any atom is -0.504 e. The quantitative estimate of drug-likeness (QED) is 0.792. The molecule has 5 nitrogen and oxygen atoms in total. The molecule has 0 saturated heterocycles. The number of aromatic hydroxyl groups is 1. The highest BCUT2D eigenvalue weighted by atomic mass is 16.5.